The largest absolute Gasteiger partial charge is 0.236 e. The molecule has 0 aliphatic rings. The summed E-state index contributed by atoms with van der Waals surface area (Å²) < 4.78 is -0.0530. The summed E-state index contributed by atoms with van der Waals surface area (Å²) in [6.45, 7) is 4.75. The van der Waals surface area contributed by atoms with Crippen molar-refractivity contribution in [3.8, 4) is 0 Å². The third-order valence-electron chi connectivity index (χ3n) is 3.13. The number of halogens is 1. The van der Waals surface area contributed by atoms with Gasteiger partial charge in [0, 0.05) is 5.41 Å². The van der Waals surface area contributed by atoms with Crippen molar-refractivity contribution in [2.45, 2.75) is 50.0 Å². The minimum atomic E-state index is -0.0530. The second kappa shape index (κ2) is 9.51. The molecule has 0 aliphatic heterocycles. The maximum absolute atomic E-state index is 10.4. The molecule has 0 aromatic rings. The van der Waals surface area contributed by atoms with Crippen molar-refractivity contribution in [3.05, 3.63) is 0 Å². The third-order valence-corrected chi connectivity index (χ3v) is 4.73. The first kappa shape index (κ1) is 16.5. The Labute approximate surface area is 116 Å². The van der Waals surface area contributed by atoms with Gasteiger partial charge in [0.25, 0.3) is 0 Å². The van der Waals surface area contributed by atoms with Crippen LogP contribution in [-0.2, 0) is 9.59 Å². The highest BCUT2D eigenvalue weighted by molar-refractivity contribution is 14.1. The van der Waals surface area contributed by atoms with E-state index in [2.05, 4.69) is 46.4 Å². The smallest absolute Gasteiger partial charge is 0.211 e. The van der Waals surface area contributed by atoms with Crippen molar-refractivity contribution >= 4 is 34.8 Å². The molecule has 0 N–H and O–H groups in total. The lowest BCUT2D eigenvalue weighted by molar-refractivity contribution is 0.224. The van der Waals surface area contributed by atoms with Crippen molar-refractivity contribution in [1.82, 2.24) is 0 Å². The van der Waals surface area contributed by atoms with Crippen LogP contribution in [0.1, 0.15) is 46.0 Å². The molecule has 0 saturated heterocycles. The van der Waals surface area contributed by atoms with Crippen molar-refractivity contribution in [2.24, 2.45) is 15.4 Å². The molecule has 0 fully saturated rings. The van der Waals surface area contributed by atoms with E-state index in [4.69, 9.17) is 0 Å². The number of aliphatic imine (C=N–C) groups is 2. The molecular weight excluding hydrogens is 331 g/mol. The fourth-order valence-corrected chi connectivity index (χ4v) is 3.30. The van der Waals surface area contributed by atoms with Gasteiger partial charge in [-0.2, -0.15) is 4.99 Å². The van der Waals surface area contributed by atoms with Crippen LogP contribution in [0.3, 0.4) is 0 Å². The fourth-order valence-electron chi connectivity index (χ4n) is 2.12. The van der Waals surface area contributed by atoms with Crippen LogP contribution in [0.15, 0.2) is 9.98 Å². The molecule has 0 saturated carbocycles. The van der Waals surface area contributed by atoms with Gasteiger partial charge in [-0.1, -0.05) is 42.9 Å². The number of rotatable bonds is 9. The topological polar surface area (TPSA) is 58.9 Å². The minimum Gasteiger partial charge on any atom is -0.211 e. The van der Waals surface area contributed by atoms with Gasteiger partial charge in [-0.25, -0.2) is 14.6 Å². The van der Waals surface area contributed by atoms with E-state index in [1.54, 1.807) is 12.2 Å². The highest BCUT2D eigenvalue weighted by atomic mass is 127. The van der Waals surface area contributed by atoms with Crippen molar-refractivity contribution in [1.29, 1.82) is 0 Å². The molecular formula is C12H19IN2O2. The van der Waals surface area contributed by atoms with Gasteiger partial charge in [0.05, 0.1) is 6.54 Å². The lowest BCUT2D eigenvalue weighted by atomic mass is 9.77. The molecule has 0 aliphatic carbocycles. The Kier molecular flexibility index (Phi) is 9.23. The van der Waals surface area contributed by atoms with E-state index in [-0.39, 0.29) is 9.46 Å². The van der Waals surface area contributed by atoms with Crippen LogP contribution in [-0.4, -0.2) is 22.8 Å². The maximum Gasteiger partial charge on any atom is 0.236 e. The highest BCUT2D eigenvalue weighted by Gasteiger charge is 2.34. The Morgan fingerprint density at radius 1 is 1.24 bits per heavy atom. The van der Waals surface area contributed by atoms with Crippen molar-refractivity contribution in [3.63, 3.8) is 0 Å². The second-order valence-electron chi connectivity index (χ2n) is 4.10. The van der Waals surface area contributed by atoms with E-state index in [9.17, 15) is 9.59 Å². The lowest BCUT2D eigenvalue weighted by Crippen LogP contribution is -2.29. The summed E-state index contributed by atoms with van der Waals surface area (Å²) >= 11 is 2.20. The van der Waals surface area contributed by atoms with Gasteiger partial charge in [-0.15, -0.1) is 0 Å². The van der Waals surface area contributed by atoms with E-state index >= 15 is 0 Å². The molecule has 0 aromatic carbocycles. The summed E-state index contributed by atoms with van der Waals surface area (Å²) in [7, 11) is 0. The molecule has 4 nitrogen and oxygen atoms in total. The standard InChI is InChI=1S/C12H19IN2O2/c1-3-6-12(4-2,11(13)15-10-17)7-5-8-14-9-16/h11H,3-8H2,1-2H3. The summed E-state index contributed by atoms with van der Waals surface area (Å²) in [5, 5.41) is 0. The van der Waals surface area contributed by atoms with Gasteiger partial charge >= 0.3 is 0 Å². The molecule has 0 bridgehead atoms. The van der Waals surface area contributed by atoms with Gasteiger partial charge in [0.1, 0.15) is 4.05 Å². The molecule has 5 heteroatoms. The number of hydrogen-bond acceptors (Lipinski definition) is 4. The highest BCUT2D eigenvalue weighted by Crippen LogP contribution is 2.41. The third kappa shape index (κ3) is 5.57. The van der Waals surface area contributed by atoms with E-state index in [0.29, 0.717) is 6.54 Å². The zero-order chi connectivity index (χ0) is 13.1. The predicted octanol–water partition coefficient (Wildman–Crippen LogP) is 3.40. The van der Waals surface area contributed by atoms with E-state index in [0.717, 1.165) is 32.1 Å². The first-order valence-electron chi connectivity index (χ1n) is 5.91. The maximum atomic E-state index is 10.4. The minimum absolute atomic E-state index is 0.0190. The Morgan fingerprint density at radius 3 is 2.41 bits per heavy atom. The number of nitrogens with zero attached hydrogens (tertiary/aromatic N) is 2. The number of isocyanates is 2. The molecule has 0 aromatic heterocycles. The summed E-state index contributed by atoms with van der Waals surface area (Å²) in [4.78, 5) is 27.8. The zero-order valence-corrected chi connectivity index (χ0v) is 12.6. The molecule has 0 rings (SSSR count). The molecule has 0 amide bonds. The first-order chi connectivity index (χ1) is 8.16. The average molecular weight is 350 g/mol. The van der Waals surface area contributed by atoms with Crippen LogP contribution in [0.2, 0.25) is 0 Å². The van der Waals surface area contributed by atoms with E-state index in [1.165, 1.54) is 0 Å². The van der Waals surface area contributed by atoms with E-state index in [1.807, 2.05) is 0 Å². The second-order valence-corrected chi connectivity index (χ2v) is 5.28. The molecule has 2 atom stereocenters. The SMILES string of the molecule is CCCC(CC)(CCCN=C=O)C(I)N=C=O. The Balaban J connectivity index is 4.67. The average Bonchev–Trinajstić information content (AvgIpc) is 2.33. The first-order valence-corrected chi connectivity index (χ1v) is 7.16. The molecule has 0 spiro atoms. The van der Waals surface area contributed by atoms with Crippen LogP contribution in [0.4, 0.5) is 0 Å². The predicted molar refractivity (Wildman–Crippen MR) is 75.8 cm³/mol. The van der Waals surface area contributed by atoms with Crippen molar-refractivity contribution < 1.29 is 9.59 Å². The summed E-state index contributed by atoms with van der Waals surface area (Å²) in [5.41, 5.74) is 0.0190. The van der Waals surface area contributed by atoms with Gasteiger partial charge in [-0.3, -0.25) is 0 Å². The van der Waals surface area contributed by atoms with Gasteiger partial charge in [0.2, 0.25) is 12.2 Å². The molecule has 17 heavy (non-hydrogen) atoms. The van der Waals surface area contributed by atoms with E-state index < -0.39 is 0 Å². The molecule has 0 heterocycles. The normalized spacial score (nSPS) is 15.2. The molecule has 96 valence electrons. The molecule has 2 unspecified atom stereocenters. The monoisotopic (exact) mass is 350 g/mol. The zero-order valence-electron chi connectivity index (χ0n) is 10.4. The van der Waals surface area contributed by atoms with Crippen LogP contribution < -0.4 is 0 Å². The summed E-state index contributed by atoms with van der Waals surface area (Å²) in [5.74, 6) is 0. The van der Waals surface area contributed by atoms with Gasteiger partial charge in [-0.05, 0) is 25.7 Å². The van der Waals surface area contributed by atoms with Crippen LogP contribution in [0.5, 0.6) is 0 Å². The Bertz CT molecular complexity index is 310. The van der Waals surface area contributed by atoms with Crippen LogP contribution in [0, 0.1) is 5.41 Å². The van der Waals surface area contributed by atoms with Gasteiger partial charge in [0.15, 0.2) is 0 Å². The van der Waals surface area contributed by atoms with Crippen LogP contribution in [0.25, 0.3) is 0 Å². The lowest BCUT2D eigenvalue weighted by Gasteiger charge is -2.34. The summed E-state index contributed by atoms with van der Waals surface area (Å²) in [6.07, 6.45) is 7.98. The number of alkyl halides is 1. The summed E-state index contributed by atoms with van der Waals surface area (Å²) in [6, 6.07) is 0. The Hall–Kier alpha value is -0.510. The Morgan fingerprint density at radius 2 is 1.94 bits per heavy atom. The number of carbonyl (C=O) groups excluding carboxylic acids is 2. The number of hydrogen-bond donors (Lipinski definition) is 0. The van der Waals surface area contributed by atoms with Crippen LogP contribution >= 0.6 is 22.6 Å². The fraction of sp³-hybridized carbons (Fsp3) is 0.833. The quantitative estimate of drug-likeness (QED) is 0.160. The van der Waals surface area contributed by atoms with Crippen molar-refractivity contribution in [2.75, 3.05) is 6.54 Å². The molecule has 0 radical (unpaired) electrons. The van der Waals surface area contributed by atoms with Gasteiger partial charge < -0.3 is 0 Å².